The number of nitrogens with zero attached hydrogens (tertiary/aromatic N) is 1. The third-order valence-corrected chi connectivity index (χ3v) is 3.18. The number of hydrogen-bond acceptors (Lipinski definition) is 3. The Balaban J connectivity index is 2.19. The standard InChI is InChI=1S/C14H26N2O/c1-11(2)13(4)15-8-9-16(5)10-14-7-6-12(3)17-14/h6-7,11,13,15H,8-10H2,1-5H3. The van der Waals surface area contributed by atoms with Crippen molar-refractivity contribution in [1.29, 1.82) is 0 Å². The Bertz CT molecular complexity index is 320. The Morgan fingerprint density at radius 1 is 1.29 bits per heavy atom. The average Bonchev–Trinajstić information content (AvgIpc) is 2.63. The summed E-state index contributed by atoms with van der Waals surface area (Å²) >= 11 is 0. The maximum absolute atomic E-state index is 5.56. The van der Waals surface area contributed by atoms with Crippen LogP contribution in [0.1, 0.15) is 32.3 Å². The normalized spacial score (nSPS) is 13.6. The zero-order valence-corrected chi connectivity index (χ0v) is 11.8. The molecule has 0 radical (unpaired) electrons. The van der Waals surface area contributed by atoms with Gasteiger partial charge < -0.3 is 9.73 Å². The van der Waals surface area contributed by atoms with Gasteiger partial charge in [0.1, 0.15) is 11.5 Å². The summed E-state index contributed by atoms with van der Waals surface area (Å²) in [4.78, 5) is 2.28. The number of hydrogen-bond donors (Lipinski definition) is 1. The lowest BCUT2D eigenvalue weighted by molar-refractivity contribution is 0.282. The van der Waals surface area contributed by atoms with E-state index in [1.54, 1.807) is 0 Å². The van der Waals surface area contributed by atoms with Gasteiger partial charge in [0.15, 0.2) is 0 Å². The fourth-order valence-electron chi connectivity index (χ4n) is 1.63. The van der Waals surface area contributed by atoms with Crippen molar-refractivity contribution in [1.82, 2.24) is 10.2 Å². The highest BCUT2D eigenvalue weighted by Crippen LogP contribution is 2.08. The van der Waals surface area contributed by atoms with Crippen LogP contribution < -0.4 is 5.32 Å². The molecule has 1 unspecified atom stereocenters. The molecule has 1 rings (SSSR count). The van der Waals surface area contributed by atoms with Gasteiger partial charge >= 0.3 is 0 Å². The van der Waals surface area contributed by atoms with E-state index in [2.05, 4.69) is 44.1 Å². The van der Waals surface area contributed by atoms with Gasteiger partial charge in [-0.25, -0.2) is 0 Å². The molecule has 0 spiro atoms. The Hall–Kier alpha value is -0.800. The van der Waals surface area contributed by atoms with Crippen LogP contribution in [0.15, 0.2) is 16.5 Å². The molecule has 0 saturated carbocycles. The number of aryl methyl sites for hydroxylation is 1. The van der Waals surface area contributed by atoms with Crippen LogP contribution in [-0.4, -0.2) is 31.1 Å². The molecule has 1 N–H and O–H groups in total. The van der Waals surface area contributed by atoms with E-state index in [-0.39, 0.29) is 0 Å². The summed E-state index contributed by atoms with van der Waals surface area (Å²) < 4.78 is 5.56. The van der Waals surface area contributed by atoms with Gasteiger partial charge in [0.05, 0.1) is 6.54 Å². The second-order valence-corrected chi connectivity index (χ2v) is 5.24. The van der Waals surface area contributed by atoms with Gasteiger partial charge in [0.2, 0.25) is 0 Å². The van der Waals surface area contributed by atoms with Gasteiger partial charge in [-0.3, -0.25) is 4.90 Å². The molecule has 0 fully saturated rings. The van der Waals surface area contributed by atoms with Crippen molar-refractivity contribution in [2.75, 3.05) is 20.1 Å². The molecule has 17 heavy (non-hydrogen) atoms. The van der Waals surface area contributed by atoms with Gasteiger partial charge in [-0.15, -0.1) is 0 Å². The topological polar surface area (TPSA) is 28.4 Å². The van der Waals surface area contributed by atoms with E-state index in [1.165, 1.54) is 0 Å². The second kappa shape index (κ2) is 6.82. The Kier molecular flexibility index (Phi) is 5.72. The number of likely N-dealkylation sites (N-methyl/N-ethyl adjacent to an activating group) is 1. The summed E-state index contributed by atoms with van der Waals surface area (Å²) in [6.07, 6.45) is 0. The molecule has 0 bridgehead atoms. The highest BCUT2D eigenvalue weighted by atomic mass is 16.3. The molecular weight excluding hydrogens is 212 g/mol. The zero-order valence-electron chi connectivity index (χ0n) is 11.8. The van der Waals surface area contributed by atoms with Gasteiger partial charge in [0.25, 0.3) is 0 Å². The van der Waals surface area contributed by atoms with Crippen molar-refractivity contribution >= 4 is 0 Å². The monoisotopic (exact) mass is 238 g/mol. The summed E-state index contributed by atoms with van der Waals surface area (Å²) in [6, 6.07) is 4.65. The SMILES string of the molecule is Cc1ccc(CN(C)CCNC(C)C(C)C)o1. The molecule has 1 atom stereocenters. The molecule has 1 heterocycles. The molecule has 0 aliphatic heterocycles. The Morgan fingerprint density at radius 2 is 2.00 bits per heavy atom. The smallest absolute Gasteiger partial charge is 0.118 e. The maximum Gasteiger partial charge on any atom is 0.118 e. The first-order chi connectivity index (χ1) is 7.99. The van der Waals surface area contributed by atoms with Crippen molar-refractivity contribution in [2.24, 2.45) is 5.92 Å². The minimum Gasteiger partial charge on any atom is -0.465 e. The molecule has 3 nitrogen and oxygen atoms in total. The fraction of sp³-hybridized carbons (Fsp3) is 0.714. The van der Waals surface area contributed by atoms with Crippen molar-refractivity contribution in [3.8, 4) is 0 Å². The third-order valence-electron chi connectivity index (χ3n) is 3.18. The summed E-state index contributed by atoms with van der Waals surface area (Å²) in [5.41, 5.74) is 0. The van der Waals surface area contributed by atoms with Crippen molar-refractivity contribution in [3.05, 3.63) is 23.7 Å². The molecule has 1 aromatic heterocycles. The average molecular weight is 238 g/mol. The molecule has 0 aromatic carbocycles. The van der Waals surface area contributed by atoms with Crippen LogP contribution >= 0.6 is 0 Å². The summed E-state index contributed by atoms with van der Waals surface area (Å²) in [7, 11) is 2.12. The first-order valence-corrected chi connectivity index (χ1v) is 6.46. The van der Waals surface area contributed by atoms with Crippen molar-refractivity contribution < 1.29 is 4.42 Å². The fourth-order valence-corrected chi connectivity index (χ4v) is 1.63. The highest BCUT2D eigenvalue weighted by molar-refractivity contribution is 5.05. The first kappa shape index (κ1) is 14.3. The van der Waals surface area contributed by atoms with Gasteiger partial charge in [0, 0.05) is 19.1 Å². The predicted octanol–water partition coefficient (Wildman–Crippen LogP) is 2.65. The van der Waals surface area contributed by atoms with Crippen molar-refractivity contribution in [3.63, 3.8) is 0 Å². The number of furan rings is 1. The van der Waals surface area contributed by atoms with E-state index in [4.69, 9.17) is 4.42 Å². The van der Waals surface area contributed by atoms with Crippen LogP contribution in [0.2, 0.25) is 0 Å². The van der Waals surface area contributed by atoms with Crippen LogP contribution in [0.3, 0.4) is 0 Å². The van der Waals surface area contributed by atoms with E-state index in [1.807, 2.05) is 13.0 Å². The van der Waals surface area contributed by atoms with E-state index in [0.717, 1.165) is 31.2 Å². The Morgan fingerprint density at radius 3 is 2.53 bits per heavy atom. The predicted molar refractivity (Wildman–Crippen MR) is 72.1 cm³/mol. The third kappa shape index (κ3) is 5.37. The van der Waals surface area contributed by atoms with E-state index in [0.29, 0.717) is 12.0 Å². The van der Waals surface area contributed by atoms with Gasteiger partial charge in [-0.1, -0.05) is 13.8 Å². The van der Waals surface area contributed by atoms with Crippen LogP contribution in [0.25, 0.3) is 0 Å². The van der Waals surface area contributed by atoms with Crippen LogP contribution in [-0.2, 0) is 6.54 Å². The largest absolute Gasteiger partial charge is 0.465 e. The number of rotatable bonds is 7. The molecule has 1 aromatic rings. The maximum atomic E-state index is 5.56. The molecule has 0 aliphatic carbocycles. The molecular formula is C14H26N2O. The lowest BCUT2D eigenvalue weighted by Gasteiger charge is -2.20. The van der Waals surface area contributed by atoms with E-state index < -0.39 is 0 Å². The summed E-state index contributed by atoms with van der Waals surface area (Å²) in [6.45, 7) is 11.6. The van der Waals surface area contributed by atoms with E-state index in [9.17, 15) is 0 Å². The molecule has 98 valence electrons. The molecule has 3 heteroatoms. The number of nitrogens with one attached hydrogen (secondary N) is 1. The molecule has 0 saturated heterocycles. The van der Waals surface area contributed by atoms with E-state index >= 15 is 0 Å². The highest BCUT2D eigenvalue weighted by Gasteiger charge is 2.07. The minimum atomic E-state index is 0.578. The van der Waals surface area contributed by atoms with Crippen molar-refractivity contribution in [2.45, 2.75) is 40.3 Å². The lowest BCUT2D eigenvalue weighted by atomic mass is 10.1. The van der Waals surface area contributed by atoms with Gasteiger partial charge in [-0.2, -0.15) is 0 Å². The second-order valence-electron chi connectivity index (χ2n) is 5.24. The van der Waals surface area contributed by atoms with Crippen LogP contribution in [0, 0.1) is 12.8 Å². The zero-order chi connectivity index (χ0) is 12.8. The lowest BCUT2D eigenvalue weighted by Crippen LogP contribution is -2.36. The summed E-state index contributed by atoms with van der Waals surface area (Å²) in [5.74, 6) is 2.72. The minimum absolute atomic E-state index is 0.578. The Labute approximate surface area is 105 Å². The van der Waals surface area contributed by atoms with Crippen LogP contribution in [0.5, 0.6) is 0 Å². The summed E-state index contributed by atoms with van der Waals surface area (Å²) in [5, 5.41) is 3.53. The molecule has 0 amide bonds. The quantitative estimate of drug-likeness (QED) is 0.791. The first-order valence-electron chi connectivity index (χ1n) is 6.46. The van der Waals surface area contributed by atoms with Gasteiger partial charge in [-0.05, 0) is 38.9 Å². The molecule has 0 aliphatic rings. The van der Waals surface area contributed by atoms with Crippen LogP contribution in [0.4, 0.5) is 0 Å².